The van der Waals surface area contributed by atoms with E-state index in [1.807, 2.05) is 14.1 Å². The number of rotatable bonds is 30. The Labute approximate surface area is 511 Å². The molecule has 76 heavy (non-hydrogen) atoms. The molecule has 466 valence electrons. The third-order valence-corrected chi connectivity index (χ3v) is 35.4. The van der Waals surface area contributed by atoms with E-state index in [4.69, 9.17) is 55.4 Å². The number of unbranched alkanes of at least 4 members (excludes halogenated alkanes) is 4. The van der Waals surface area contributed by atoms with E-state index in [1.165, 1.54) is 77.5 Å². The quantitative estimate of drug-likeness (QED) is 0.0512. The second-order valence-corrected chi connectivity index (χ2v) is 42.2. The summed E-state index contributed by atoms with van der Waals surface area (Å²) in [4.78, 5) is 0. The summed E-state index contributed by atoms with van der Waals surface area (Å²) in [6.07, 6.45) is 10.2. The van der Waals surface area contributed by atoms with Crippen LogP contribution in [-0.2, 0) is 0 Å². The van der Waals surface area contributed by atoms with Gasteiger partial charge in [0.05, 0.1) is 0 Å². The predicted octanol–water partition coefficient (Wildman–Crippen LogP) is 14.4. The van der Waals surface area contributed by atoms with E-state index in [9.17, 15) is 0 Å². The van der Waals surface area contributed by atoms with Gasteiger partial charge in [-0.05, 0) is 213 Å². The summed E-state index contributed by atoms with van der Waals surface area (Å²) >= 11 is 33.2. The summed E-state index contributed by atoms with van der Waals surface area (Å²) in [5, 5.41) is 0. The maximum atomic E-state index is 7.14. The van der Waals surface area contributed by atoms with Crippen molar-refractivity contribution in [1.29, 1.82) is 0 Å². The lowest BCUT2D eigenvalue weighted by molar-refractivity contribution is 0.0746. The van der Waals surface area contributed by atoms with Gasteiger partial charge in [-0.1, -0.05) is 136 Å². The average molecular weight is 1270 g/mol. The molecule has 0 N–H and O–H groups in total. The van der Waals surface area contributed by atoms with E-state index >= 15 is 0 Å². The Bertz CT molecular complexity index is 1180. The van der Waals surface area contributed by atoms with Crippen molar-refractivity contribution in [2.24, 2.45) is 0 Å². The Balaban J connectivity index is -0.000000284. The van der Waals surface area contributed by atoms with Crippen molar-refractivity contribution in [3.05, 3.63) is 0 Å². The van der Waals surface area contributed by atoms with Crippen molar-refractivity contribution in [2.75, 3.05) is 80.5 Å². The first-order valence-corrected chi connectivity index (χ1v) is 44.1. The Morgan fingerprint density at radius 1 is 0.316 bits per heavy atom. The minimum Gasteiger partial charge on any atom is -0.308 e. The number of halogens is 5. The molecule has 20 heteroatoms. The topological polar surface area (TPSA) is 32.4 Å². The zero-order chi connectivity index (χ0) is 61.3. The SMILES string of the molecule is CC(C)(C)N([SiH](Cl)N(C(C)(C)C)C(C)(C)C)C(C)(C)C.CC(C)N(C(C)C)[SiH](Cl)N(C(C)C)C(C)C.CCCCN(CCCC)[SiH](Cl)N(CCCC)CCCC.CCN(C)[SiH](Cl)N(C)CC.CCN(CC)[SiH](Cl)N(C)C. The number of hydrogen-bond donors (Lipinski definition) is 0. The molecule has 0 aromatic heterocycles. The van der Waals surface area contributed by atoms with Gasteiger partial charge in [0.15, 0.2) is 0 Å². The molecule has 0 aromatic carbocycles. The lowest BCUT2D eigenvalue weighted by Crippen LogP contribution is -2.70. The van der Waals surface area contributed by atoms with Gasteiger partial charge in [-0.3, -0.25) is 18.3 Å². The van der Waals surface area contributed by atoms with E-state index < -0.39 is 42.1 Å². The highest BCUT2D eigenvalue weighted by Gasteiger charge is 2.47. The molecule has 0 fully saturated rings. The molecule has 0 aliphatic heterocycles. The first kappa shape index (κ1) is 86.9. The minimum atomic E-state index is -1.79. The molecule has 1 unspecified atom stereocenters. The smallest absolute Gasteiger partial charge is 0.293 e. The monoisotopic (exact) mass is 1260 g/mol. The van der Waals surface area contributed by atoms with Crippen molar-refractivity contribution in [2.45, 2.75) is 292 Å². The van der Waals surface area contributed by atoms with Crippen LogP contribution in [0.5, 0.6) is 0 Å². The fourth-order valence-corrected chi connectivity index (χ4v) is 28.2. The van der Waals surface area contributed by atoms with E-state index in [2.05, 4.69) is 254 Å². The molecule has 0 saturated heterocycles. The van der Waals surface area contributed by atoms with Crippen molar-refractivity contribution in [3.63, 3.8) is 0 Å². The van der Waals surface area contributed by atoms with E-state index in [1.54, 1.807) is 0 Å². The van der Waals surface area contributed by atoms with Gasteiger partial charge >= 0.3 is 0 Å². The van der Waals surface area contributed by atoms with Crippen LogP contribution in [0.4, 0.5) is 0 Å². The van der Waals surface area contributed by atoms with Crippen molar-refractivity contribution in [3.8, 4) is 0 Å². The molecule has 10 nitrogen and oxygen atoms in total. The van der Waals surface area contributed by atoms with Crippen molar-refractivity contribution >= 4 is 97.5 Å². The van der Waals surface area contributed by atoms with E-state index in [0.717, 1.165) is 26.2 Å². The molecule has 0 amide bonds. The highest BCUT2D eigenvalue weighted by atomic mass is 35.6. The predicted molar refractivity (Wildman–Crippen MR) is 368 cm³/mol. The molecular formula is C56H137Cl5N10Si5. The third-order valence-electron chi connectivity index (χ3n) is 13.3. The molecule has 1 atom stereocenters. The zero-order valence-electron chi connectivity index (χ0n) is 56.9. The Morgan fingerprint density at radius 2 is 0.553 bits per heavy atom. The Kier molecular flexibility index (Phi) is 52.0. The van der Waals surface area contributed by atoms with Crippen LogP contribution in [-0.4, -0.2) is 215 Å². The van der Waals surface area contributed by atoms with Gasteiger partial charge in [-0.2, -0.15) is 0 Å². The molecule has 0 spiro atoms. The molecule has 0 heterocycles. The van der Waals surface area contributed by atoms with Crippen LogP contribution in [0.3, 0.4) is 0 Å². The number of hydrogen-bond acceptors (Lipinski definition) is 10. The van der Waals surface area contributed by atoms with Crippen LogP contribution < -0.4 is 0 Å². The van der Waals surface area contributed by atoms with Gasteiger partial charge in [0.1, 0.15) is 0 Å². The molecular weight excluding hydrogens is 1130 g/mol. The molecule has 0 aliphatic carbocycles. The van der Waals surface area contributed by atoms with Crippen LogP contribution in [0.15, 0.2) is 0 Å². The van der Waals surface area contributed by atoms with Crippen LogP contribution in [0.25, 0.3) is 0 Å². The summed E-state index contributed by atoms with van der Waals surface area (Å²) in [5.74, 6) is 0. The largest absolute Gasteiger partial charge is 0.308 e. The fraction of sp³-hybridized carbons (Fsp3) is 1.00. The maximum absolute atomic E-state index is 7.14. The normalized spacial score (nSPS) is 13.6. The molecule has 0 bridgehead atoms. The van der Waals surface area contributed by atoms with Crippen molar-refractivity contribution in [1.82, 2.24) is 45.7 Å². The summed E-state index contributed by atoms with van der Waals surface area (Å²) in [7, 11) is 1.01. The van der Waals surface area contributed by atoms with Crippen LogP contribution in [0.1, 0.15) is 245 Å². The van der Waals surface area contributed by atoms with Crippen molar-refractivity contribution < 1.29 is 0 Å². The molecule has 0 rings (SSSR count). The highest BCUT2D eigenvalue weighted by molar-refractivity contribution is 7.05. The molecule has 0 aromatic rings. The van der Waals surface area contributed by atoms with Gasteiger partial charge in [-0.15, -0.1) is 55.4 Å². The first-order valence-electron chi connectivity index (χ1n) is 30.2. The molecule has 0 aliphatic rings. The first-order chi connectivity index (χ1) is 34.6. The van der Waals surface area contributed by atoms with Crippen LogP contribution in [0, 0.1) is 0 Å². The standard InChI is InChI=1S/2C16H37ClN2Si.C12H29ClN2Si.2C6H17ClN2Si/c1-13(2,3)18(14(4,5)6)20(17)19(15(7,8)9)16(10,11)12;1-5-9-13-18(14-10-6-2)20(17)19(15-11-7-3)16-12-8-4;1-9(2)14(10(3)4)16(13)15(11(5)6)12(7)8;1-5-8(3)10(7)9(4)6-2;1-5-9(6-2)10(7)8(3)4/h20H,1-12H3;20H,5-16H2,1-4H3;9-12,16H,1-8H3;2*10H,5-6H2,1-4H3. The Morgan fingerprint density at radius 3 is 0.697 bits per heavy atom. The van der Waals surface area contributed by atoms with Gasteiger partial charge in [0.2, 0.25) is 0 Å². The lowest BCUT2D eigenvalue weighted by atomic mass is 10.0. The van der Waals surface area contributed by atoms with Crippen LogP contribution in [0.2, 0.25) is 0 Å². The van der Waals surface area contributed by atoms with E-state index in [-0.39, 0.29) is 22.2 Å². The summed E-state index contributed by atoms with van der Waals surface area (Å²) < 4.78 is 24.2. The second kappa shape index (κ2) is 45.5. The van der Waals surface area contributed by atoms with Gasteiger partial charge < -0.3 is 27.4 Å². The summed E-state index contributed by atoms with van der Waals surface area (Å²) in [6.45, 7) is 71.8. The zero-order valence-corrected chi connectivity index (χ0v) is 66.4. The summed E-state index contributed by atoms with van der Waals surface area (Å²) in [5.41, 5.74) is 0.245. The van der Waals surface area contributed by atoms with Gasteiger partial charge in [0.25, 0.3) is 42.1 Å². The molecule has 0 saturated carbocycles. The number of nitrogens with zero attached hydrogens (tertiary/aromatic N) is 10. The highest BCUT2D eigenvalue weighted by Crippen LogP contribution is 2.35. The fourth-order valence-electron chi connectivity index (χ4n) is 9.55. The molecule has 0 radical (unpaired) electrons. The lowest BCUT2D eigenvalue weighted by Gasteiger charge is -2.56. The van der Waals surface area contributed by atoms with E-state index in [0.29, 0.717) is 24.2 Å². The van der Waals surface area contributed by atoms with Gasteiger partial charge in [0, 0.05) is 22.2 Å². The minimum absolute atomic E-state index is 0.0611. The van der Waals surface area contributed by atoms with Gasteiger partial charge in [-0.25, -0.2) is 0 Å². The average Bonchev–Trinajstić information content (AvgIpc) is 3.26. The maximum Gasteiger partial charge on any atom is 0.293 e. The third kappa shape index (κ3) is 38.2. The van der Waals surface area contributed by atoms with Crippen LogP contribution >= 0.6 is 55.4 Å². The summed E-state index contributed by atoms with van der Waals surface area (Å²) in [6, 6.07) is 2.09. The Hall–Kier alpha value is 2.13. The second-order valence-electron chi connectivity index (χ2n) is 26.1.